The number of fused-ring (bicyclic) bond motifs is 6. The van der Waals surface area contributed by atoms with Crippen molar-refractivity contribution in [1.82, 2.24) is 0 Å². The Balaban J connectivity index is 0.000000760. The number of hydrogen-bond donors (Lipinski definition) is 0. The molecular formula is C35H40Cl2OSi3Zr-. The molecule has 1 radical (unpaired) electrons. The molecule has 0 saturated carbocycles. The van der Waals surface area contributed by atoms with Gasteiger partial charge in [-0.1, -0.05) is 135 Å². The molecule has 0 bridgehead atoms. The second kappa shape index (κ2) is 14.3. The van der Waals surface area contributed by atoms with Gasteiger partial charge < -0.3 is 29.2 Å². The summed E-state index contributed by atoms with van der Waals surface area (Å²) in [6, 6.07) is 29.5. The number of halogens is 2. The predicted octanol–water partition coefficient (Wildman–Crippen LogP) is 3.62. The molecule has 0 saturated heterocycles. The first kappa shape index (κ1) is 35.3. The Kier molecular flexibility index (Phi) is 12.0. The molecule has 0 amide bonds. The molecular weight excluding hydrogens is 683 g/mol. The van der Waals surface area contributed by atoms with Gasteiger partial charge in [0.2, 0.25) is 0 Å². The summed E-state index contributed by atoms with van der Waals surface area (Å²) in [6.45, 7) is 18.7. The molecule has 1 aliphatic carbocycles. The van der Waals surface area contributed by atoms with E-state index in [1.165, 1.54) is 60.5 Å². The maximum absolute atomic E-state index is 6.76. The number of benzene rings is 4. The Morgan fingerprint density at radius 3 is 1.81 bits per heavy atom. The van der Waals surface area contributed by atoms with Crippen LogP contribution in [0, 0.1) is 0 Å². The summed E-state index contributed by atoms with van der Waals surface area (Å²) in [5, 5.41) is 7.01. The molecule has 0 aliphatic heterocycles. The Hall–Kier alpha value is -1.18. The van der Waals surface area contributed by atoms with Crippen molar-refractivity contribution in [2.24, 2.45) is 0 Å². The minimum atomic E-state index is -1.72. The minimum absolute atomic E-state index is 0. The van der Waals surface area contributed by atoms with E-state index < -0.39 is 17.1 Å². The third-order valence-corrected chi connectivity index (χ3v) is 10.1. The maximum atomic E-state index is 6.76. The SMILES string of the molecule is CC(O[Si](C)(C)C)c1cc2c(c(-[c-]3c4ccccc4c4ccccc43)c1[Si](C)C)Cc1ccccc1-2.C[Si](C)=[Zr+2].[Cl-].[Cl-]. The molecule has 0 fully saturated rings. The van der Waals surface area contributed by atoms with Gasteiger partial charge in [-0.25, -0.2) is 0 Å². The number of hydrogen-bond acceptors (Lipinski definition) is 1. The zero-order chi connectivity index (χ0) is 28.8. The van der Waals surface area contributed by atoms with E-state index in [1.54, 1.807) is 28.5 Å². The average molecular weight is 723 g/mol. The standard InChI is InChI=1S/C33H34OSi2.C2H6Si.2ClH.Zr/c1-21(34-36(4,5)6)28-20-29-23-14-8-7-13-22(23)19-30(29)32(33(28)35(2)3)31-26-17-11-9-15-24(26)25-16-10-12-18-27(25)31;1-3-2;;;/h7-18,20-21H,19H2,1-6H3;1-2H3;2*1H;/q-1;;;;+2/p-2. The third-order valence-electron chi connectivity index (χ3n) is 7.54. The fraction of sp³-hybridized carbons (Fsp3) is 0.286. The summed E-state index contributed by atoms with van der Waals surface area (Å²) in [5.74, 6) is 0. The molecule has 0 spiro atoms. The van der Waals surface area contributed by atoms with Crippen molar-refractivity contribution in [1.29, 1.82) is 0 Å². The van der Waals surface area contributed by atoms with Crippen molar-refractivity contribution in [2.75, 3.05) is 0 Å². The van der Waals surface area contributed by atoms with Crippen LogP contribution < -0.4 is 30.0 Å². The van der Waals surface area contributed by atoms with Crippen LogP contribution in [0.4, 0.5) is 0 Å². The first-order chi connectivity index (χ1) is 19.0. The van der Waals surface area contributed by atoms with Gasteiger partial charge in [0.05, 0.1) is 6.10 Å². The first-order valence-electron chi connectivity index (χ1n) is 14.3. The normalized spacial score (nSPS) is 12.6. The quantitative estimate of drug-likeness (QED) is 0.195. The molecule has 0 aromatic heterocycles. The number of rotatable bonds is 5. The summed E-state index contributed by atoms with van der Waals surface area (Å²) in [6.07, 6.45) is 1.08. The van der Waals surface area contributed by atoms with E-state index in [2.05, 4.69) is 132 Å². The zero-order valence-corrected chi connectivity index (χ0v) is 32.9. The van der Waals surface area contributed by atoms with Gasteiger partial charge in [0.1, 0.15) is 0 Å². The van der Waals surface area contributed by atoms with E-state index >= 15 is 0 Å². The van der Waals surface area contributed by atoms with Crippen molar-refractivity contribution in [2.45, 2.75) is 65.3 Å². The van der Waals surface area contributed by atoms with E-state index in [4.69, 9.17) is 4.43 Å². The van der Waals surface area contributed by atoms with Gasteiger partial charge in [0, 0.05) is 8.80 Å². The van der Waals surface area contributed by atoms with Gasteiger partial charge in [-0.2, -0.15) is 0 Å². The van der Waals surface area contributed by atoms with Crippen LogP contribution >= 0.6 is 0 Å². The molecule has 1 atom stereocenters. The molecule has 1 aliphatic rings. The van der Waals surface area contributed by atoms with Crippen molar-refractivity contribution in [3.63, 3.8) is 0 Å². The molecule has 5 aromatic carbocycles. The molecule has 42 heavy (non-hydrogen) atoms. The van der Waals surface area contributed by atoms with Crippen molar-refractivity contribution < 1.29 is 52.6 Å². The van der Waals surface area contributed by atoms with Crippen LogP contribution in [0.5, 0.6) is 0 Å². The van der Waals surface area contributed by atoms with Crippen LogP contribution in [0.2, 0.25) is 45.8 Å². The Morgan fingerprint density at radius 2 is 1.29 bits per heavy atom. The zero-order valence-electron chi connectivity index (χ0n) is 26.0. The Labute approximate surface area is 282 Å². The smallest absolute Gasteiger partial charge is 1.00 e. The van der Waals surface area contributed by atoms with E-state index in [0.717, 1.165) is 6.42 Å². The van der Waals surface area contributed by atoms with Crippen LogP contribution in [0.15, 0.2) is 78.9 Å². The first-order valence-corrected chi connectivity index (χ1v) is 26.4. The van der Waals surface area contributed by atoms with Crippen LogP contribution in [0.25, 0.3) is 43.8 Å². The van der Waals surface area contributed by atoms with Gasteiger partial charge in [0.25, 0.3) is 0 Å². The van der Waals surface area contributed by atoms with Crippen molar-refractivity contribution >= 4 is 49.3 Å². The van der Waals surface area contributed by atoms with Crippen LogP contribution in [0.3, 0.4) is 0 Å². The summed E-state index contributed by atoms with van der Waals surface area (Å²) in [5.41, 5.74) is 10.3. The fourth-order valence-electron chi connectivity index (χ4n) is 6.31. The van der Waals surface area contributed by atoms with Gasteiger partial charge in [-0.3, -0.25) is 0 Å². The topological polar surface area (TPSA) is 9.23 Å². The summed E-state index contributed by atoms with van der Waals surface area (Å²) < 4.78 is 6.76. The van der Waals surface area contributed by atoms with E-state index in [1.807, 2.05) is 0 Å². The largest absolute Gasteiger partial charge is 1.00 e. The van der Waals surface area contributed by atoms with Crippen molar-refractivity contribution in [3.05, 3.63) is 95.6 Å². The monoisotopic (exact) mass is 720 g/mol. The average Bonchev–Trinajstić information content (AvgIpc) is 3.42. The van der Waals surface area contributed by atoms with Crippen LogP contribution in [-0.4, -0.2) is 22.5 Å². The van der Waals surface area contributed by atoms with Crippen LogP contribution in [0.1, 0.15) is 29.7 Å². The molecule has 1 unspecified atom stereocenters. The molecule has 217 valence electrons. The third kappa shape index (κ3) is 7.04. The second-order valence-electron chi connectivity index (χ2n) is 12.4. The summed E-state index contributed by atoms with van der Waals surface area (Å²) in [4.78, 5) is 0. The summed E-state index contributed by atoms with van der Waals surface area (Å²) >= 11 is 1.74. The van der Waals surface area contributed by atoms with Gasteiger partial charge in [-0.15, -0.1) is 0 Å². The van der Waals surface area contributed by atoms with Crippen LogP contribution in [-0.2, 0) is 34.2 Å². The minimum Gasteiger partial charge on any atom is -1.00 e. The molecule has 1 nitrogen and oxygen atoms in total. The molecule has 5 aromatic rings. The Bertz CT molecular complexity index is 1680. The Morgan fingerprint density at radius 1 is 0.786 bits per heavy atom. The second-order valence-corrected chi connectivity index (χ2v) is 28.7. The molecule has 7 heteroatoms. The van der Waals surface area contributed by atoms with Crippen molar-refractivity contribution in [3.8, 4) is 22.3 Å². The molecule has 0 N–H and O–H groups in total. The molecule has 6 rings (SSSR count). The predicted molar refractivity (Wildman–Crippen MR) is 178 cm³/mol. The fourth-order valence-corrected chi connectivity index (χ4v) is 9.13. The maximum Gasteiger partial charge on any atom is -1.00 e. The van der Waals surface area contributed by atoms with E-state index in [9.17, 15) is 0 Å². The van der Waals surface area contributed by atoms with E-state index in [-0.39, 0.29) is 36.4 Å². The van der Waals surface area contributed by atoms with E-state index in [0.29, 0.717) is 0 Å². The van der Waals surface area contributed by atoms with Gasteiger partial charge in [-0.05, 0) is 55.2 Å². The summed E-state index contributed by atoms with van der Waals surface area (Å²) in [7, 11) is -2.52. The van der Waals surface area contributed by atoms with Gasteiger partial charge >= 0.3 is 41.9 Å². The van der Waals surface area contributed by atoms with Gasteiger partial charge in [0.15, 0.2) is 8.32 Å². The molecule has 0 heterocycles.